The number of Topliss-reactive ketones (excluding diaryl/α,β-unsaturated/α-hetero) is 2. The molecular weight excluding hydrogens is 990 g/mol. The van der Waals surface area contributed by atoms with Crippen molar-refractivity contribution in [3.8, 4) is 0 Å². The van der Waals surface area contributed by atoms with Gasteiger partial charge in [-0.1, -0.05) is 41.9 Å². The Morgan fingerprint density at radius 3 is 2.09 bits per heavy atom. The number of hydrogen-bond acceptors (Lipinski definition) is 12. The summed E-state index contributed by atoms with van der Waals surface area (Å²) >= 11 is 6.19. The molecule has 2 aromatic carbocycles. The zero-order chi connectivity index (χ0) is 55.0. The number of nitrogens with two attached hydrogens (primary N) is 6. The highest BCUT2D eigenvalue weighted by Gasteiger charge is 2.35. The van der Waals surface area contributed by atoms with Gasteiger partial charge in [0.2, 0.25) is 41.4 Å². The Labute approximate surface area is 439 Å². The van der Waals surface area contributed by atoms with Crippen LogP contribution in [-0.2, 0) is 56.0 Å². The summed E-state index contributed by atoms with van der Waals surface area (Å²) in [6.07, 6.45) is 0.959. The van der Waals surface area contributed by atoms with Crippen molar-refractivity contribution in [3.05, 3.63) is 70.9 Å². The lowest BCUT2D eigenvalue weighted by Crippen LogP contribution is -2.58. The van der Waals surface area contributed by atoms with Crippen molar-refractivity contribution in [1.82, 2.24) is 36.9 Å². The molecule has 0 radical (unpaired) electrons. The number of aromatic amines is 1. The van der Waals surface area contributed by atoms with E-state index in [9.17, 15) is 43.2 Å². The molecule has 24 nitrogen and oxygen atoms in total. The van der Waals surface area contributed by atoms with Crippen LogP contribution < -0.4 is 66.3 Å². The second-order valence-corrected chi connectivity index (χ2v) is 19.0. The zero-order valence-electron chi connectivity index (χ0n) is 42.2. The summed E-state index contributed by atoms with van der Waals surface area (Å²) in [7, 11) is 0. The van der Waals surface area contributed by atoms with E-state index in [0.717, 1.165) is 10.9 Å². The predicted octanol–water partition coefficient (Wildman–Crippen LogP) is -1.17. The highest BCUT2D eigenvalue weighted by molar-refractivity contribution is 6.30. The number of benzene rings is 2. The molecule has 4 rings (SSSR count). The lowest BCUT2D eigenvalue weighted by Gasteiger charge is -2.27. The number of para-hydroxylation sites is 1. The molecule has 408 valence electrons. The number of nitrogens with one attached hydrogen (secondary N) is 7. The molecule has 7 amide bonds. The lowest BCUT2D eigenvalue weighted by molar-refractivity contribution is -0.135. The summed E-state index contributed by atoms with van der Waals surface area (Å²) in [5.41, 5.74) is 35.9. The van der Waals surface area contributed by atoms with Gasteiger partial charge in [0.05, 0.1) is 6.04 Å². The average Bonchev–Trinajstić information content (AvgIpc) is 3.77. The van der Waals surface area contributed by atoms with Crippen LogP contribution in [0, 0.1) is 11.8 Å². The summed E-state index contributed by atoms with van der Waals surface area (Å²) in [6.45, 7) is 1.33. The first-order valence-corrected chi connectivity index (χ1v) is 25.3. The van der Waals surface area contributed by atoms with Crippen molar-refractivity contribution in [2.75, 3.05) is 26.2 Å². The van der Waals surface area contributed by atoms with E-state index < -0.39 is 101 Å². The van der Waals surface area contributed by atoms with Gasteiger partial charge in [-0.25, -0.2) is 0 Å². The van der Waals surface area contributed by atoms with Crippen molar-refractivity contribution in [3.63, 3.8) is 0 Å². The van der Waals surface area contributed by atoms with Crippen molar-refractivity contribution < 1.29 is 43.2 Å². The van der Waals surface area contributed by atoms with Gasteiger partial charge in [-0.15, -0.1) is 0 Å². The third-order valence-electron chi connectivity index (χ3n) is 12.6. The number of rotatable bonds is 18. The number of ketones is 2. The molecule has 0 aliphatic carbocycles. The Morgan fingerprint density at radius 2 is 1.43 bits per heavy atom. The Morgan fingerprint density at radius 1 is 0.760 bits per heavy atom. The molecule has 7 atom stereocenters. The predicted molar refractivity (Wildman–Crippen MR) is 283 cm³/mol. The van der Waals surface area contributed by atoms with Crippen LogP contribution in [0.1, 0.15) is 88.7 Å². The SMILES string of the molecule is CC(=O)N[C@@H](CCCN=C(N)N)C(=O)N[C@H]1CCC(=O)NCCC[C@@H](C(N)=O)NC(=O)[C@H](Cc2c[nH]c3ccccc23)CC(=O)[C@H](CCCN=C(N)N)CC(=O)[C@@H](Cc2ccc(Cl)cc2)NC(=O)[C@H](CCN)NC1=O. The Balaban J connectivity index is 1.77. The summed E-state index contributed by atoms with van der Waals surface area (Å²) in [4.78, 5) is 136. The first kappa shape index (κ1) is 60.0. The molecule has 75 heavy (non-hydrogen) atoms. The lowest BCUT2D eigenvalue weighted by atomic mass is 9.83. The molecule has 0 spiro atoms. The summed E-state index contributed by atoms with van der Waals surface area (Å²) < 4.78 is 0. The number of amides is 7. The smallest absolute Gasteiger partial charge is 0.243 e. The molecule has 25 heteroatoms. The number of fused-ring (bicyclic) bond motifs is 1. The first-order chi connectivity index (χ1) is 35.7. The fourth-order valence-corrected chi connectivity index (χ4v) is 8.78. The number of halogens is 1. The number of primary amides is 1. The average molecular weight is 1060 g/mol. The van der Waals surface area contributed by atoms with Crippen LogP contribution in [0.25, 0.3) is 10.9 Å². The normalized spacial score (nSPS) is 21.3. The molecule has 1 fully saturated rings. The van der Waals surface area contributed by atoms with E-state index in [0.29, 0.717) is 16.1 Å². The minimum atomic E-state index is -1.46. The zero-order valence-corrected chi connectivity index (χ0v) is 42.9. The molecule has 19 N–H and O–H groups in total. The number of carbonyl (C=O) groups excluding carboxylic acids is 9. The quantitative estimate of drug-likeness (QED) is 0.0406. The van der Waals surface area contributed by atoms with E-state index in [1.807, 2.05) is 24.3 Å². The fourth-order valence-electron chi connectivity index (χ4n) is 8.65. The minimum absolute atomic E-state index is 0.00482. The number of carbonyl (C=O) groups is 9. The Bertz CT molecular complexity index is 2530. The third kappa shape index (κ3) is 20.7. The van der Waals surface area contributed by atoms with Gasteiger partial charge in [-0.2, -0.15) is 0 Å². The Hall–Kier alpha value is -7.60. The van der Waals surface area contributed by atoms with Crippen LogP contribution in [0.15, 0.2) is 64.7 Å². The van der Waals surface area contributed by atoms with Gasteiger partial charge < -0.3 is 71.3 Å². The van der Waals surface area contributed by atoms with E-state index in [-0.39, 0.29) is 115 Å². The molecular formula is C50H72ClN15O9. The highest BCUT2D eigenvalue weighted by atomic mass is 35.5. The number of nitrogens with zero attached hydrogens (tertiary/aromatic N) is 2. The molecule has 0 bridgehead atoms. The molecule has 3 aromatic rings. The first-order valence-electron chi connectivity index (χ1n) is 24.9. The molecule has 2 heterocycles. The second kappa shape index (κ2) is 30.6. The van der Waals surface area contributed by atoms with Crippen LogP contribution in [0.3, 0.4) is 0 Å². The van der Waals surface area contributed by atoms with Crippen LogP contribution in [-0.4, -0.2) is 126 Å². The number of guanidine groups is 2. The van der Waals surface area contributed by atoms with E-state index >= 15 is 0 Å². The van der Waals surface area contributed by atoms with E-state index in [1.54, 1.807) is 30.5 Å². The fraction of sp³-hybridized carbons (Fsp3) is 0.500. The summed E-state index contributed by atoms with van der Waals surface area (Å²) in [6, 6.07) is 7.40. The minimum Gasteiger partial charge on any atom is -0.370 e. The molecule has 1 aliphatic heterocycles. The topological polar surface area (TPSA) is 422 Å². The maximum atomic E-state index is 14.7. The van der Waals surface area contributed by atoms with E-state index in [1.165, 1.54) is 6.92 Å². The van der Waals surface area contributed by atoms with Gasteiger partial charge >= 0.3 is 0 Å². The highest BCUT2D eigenvalue weighted by Crippen LogP contribution is 2.26. The van der Waals surface area contributed by atoms with E-state index in [4.69, 9.17) is 46.0 Å². The van der Waals surface area contributed by atoms with Gasteiger partial charge in [0.15, 0.2) is 17.7 Å². The number of H-pyrrole nitrogens is 1. The van der Waals surface area contributed by atoms with Crippen molar-refractivity contribution in [1.29, 1.82) is 0 Å². The van der Waals surface area contributed by atoms with Crippen molar-refractivity contribution in [2.24, 2.45) is 56.2 Å². The van der Waals surface area contributed by atoms with Gasteiger partial charge in [0.25, 0.3) is 0 Å². The summed E-state index contributed by atoms with van der Waals surface area (Å²) in [5.74, 6) is -8.58. The van der Waals surface area contributed by atoms with Gasteiger partial charge in [0, 0.05) is 79.8 Å². The maximum Gasteiger partial charge on any atom is 0.243 e. The van der Waals surface area contributed by atoms with Gasteiger partial charge in [-0.05, 0) is 100 Å². The standard InChI is InChI=1S/C50H72ClN15O9/c1-28(67)62-37(11-6-22-60-50(56)57)46(73)64-38-16-17-43(70)58-20-5-10-36(44(53)71)63-45(72)31(24-32-27-61-35-9-3-2-8-34(32)35)26-41(68)30(7-4-21-59-49(54)55)25-42(69)40(23-29-12-14-33(51)15-13-29)66-48(75)39(18-19-52)65-47(38)74/h2-3,8-9,12-15,27,30-31,36-40,61H,4-7,10-11,16-26,52H2,1H3,(H2,53,71)(H,58,70)(H,62,67)(H,63,72)(H,64,73)(H,65,74)(H,66,75)(H4,54,55,59)(H4,56,57,60)/t30-,31-,36+,37+,38+,39+,40-/m1/s1. The monoisotopic (exact) mass is 1060 g/mol. The van der Waals surface area contributed by atoms with Crippen LogP contribution in [0.2, 0.25) is 5.02 Å². The molecule has 0 unspecified atom stereocenters. The number of aromatic nitrogens is 1. The van der Waals surface area contributed by atoms with Crippen molar-refractivity contribution in [2.45, 2.75) is 121 Å². The largest absolute Gasteiger partial charge is 0.370 e. The molecule has 1 saturated heterocycles. The molecule has 0 saturated carbocycles. The van der Waals surface area contributed by atoms with Gasteiger partial charge in [-0.3, -0.25) is 53.1 Å². The summed E-state index contributed by atoms with van der Waals surface area (Å²) in [5, 5.41) is 17.2. The van der Waals surface area contributed by atoms with Crippen LogP contribution in [0.4, 0.5) is 0 Å². The van der Waals surface area contributed by atoms with Gasteiger partial charge in [0.1, 0.15) is 30.0 Å². The molecule has 1 aromatic heterocycles. The number of hydrogen-bond donors (Lipinski definition) is 13. The van der Waals surface area contributed by atoms with E-state index in [2.05, 4.69) is 46.9 Å². The number of aliphatic imine (C=N–C) groups is 2. The maximum absolute atomic E-state index is 14.7. The second-order valence-electron chi connectivity index (χ2n) is 18.5. The molecule has 1 aliphatic rings. The third-order valence-corrected chi connectivity index (χ3v) is 12.9. The van der Waals surface area contributed by atoms with Crippen LogP contribution in [0.5, 0.6) is 0 Å². The Kier molecular flexibility index (Phi) is 24.4. The van der Waals surface area contributed by atoms with Crippen LogP contribution >= 0.6 is 11.6 Å². The van der Waals surface area contributed by atoms with Crippen molar-refractivity contribution >= 4 is 87.3 Å².